The Morgan fingerprint density at radius 2 is 2.12 bits per heavy atom. The standard InChI is InChI=1S/C12H12F2O2/c13-12(14)7-16-11-6-2-3-8-9(11)4-1-5-10(8)15/h2-3,6,12H,1,4-5,7H2. The predicted octanol–water partition coefficient (Wildman–Crippen LogP) is 2.85. The van der Waals surface area contributed by atoms with Crippen molar-refractivity contribution in [2.45, 2.75) is 25.7 Å². The molecule has 2 rings (SSSR count). The topological polar surface area (TPSA) is 26.3 Å². The van der Waals surface area contributed by atoms with Gasteiger partial charge in [-0.2, -0.15) is 0 Å². The van der Waals surface area contributed by atoms with Crippen molar-refractivity contribution in [3.05, 3.63) is 29.3 Å². The molecule has 0 N–H and O–H groups in total. The molecule has 0 saturated carbocycles. The van der Waals surface area contributed by atoms with Crippen molar-refractivity contribution >= 4 is 5.78 Å². The first-order valence-electron chi connectivity index (χ1n) is 5.24. The van der Waals surface area contributed by atoms with Crippen LogP contribution in [0.5, 0.6) is 5.75 Å². The second-order valence-corrected chi connectivity index (χ2v) is 3.76. The van der Waals surface area contributed by atoms with Crippen LogP contribution in [0.4, 0.5) is 8.78 Å². The molecule has 1 aliphatic rings. The summed E-state index contributed by atoms with van der Waals surface area (Å²) in [6.45, 7) is -0.620. The van der Waals surface area contributed by atoms with E-state index in [9.17, 15) is 13.6 Å². The molecule has 0 aromatic heterocycles. The minimum Gasteiger partial charge on any atom is -0.487 e. The lowest BCUT2D eigenvalue weighted by Crippen LogP contribution is -2.14. The van der Waals surface area contributed by atoms with Crippen LogP contribution in [0.25, 0.3) is 0 Å². The zero-order valence-corrected chi connectivity index (χ0v) is 8.71. The first kappa shape index (κ1) is 11.0. The lowest BCUT2D eigenvalue weighted by Gasteiger charge is -2.18. The van der Waals surface area contributed by atoms with E-state index in [0.29, 0.717) is 17.7 Å². The summed E-state index contributed by atoms with van der Waals surface area (Å²) in [6.07, 6.45) is -0.470. The van der Waals surface area contributed by atoms with Gasteiger partial charge in [0.15, 0.2) is 5.78 Å². The minimum atomic E-state index is -2.49. The van der Waals surface area contributed by atoms with Crippen LogP contribution in [-0.4, -0.2) is 18.8 Å². The Morgan fingerprint density at radius 3 is 2.88 bits per heavy atom. The van der Waals surface area contributed by atoms with E-state index in [1.54, 1.807) is 18.2 Å². The van der Waals surface area contributed by atoms with Gasteiger partial charge < -0.3 is 4.74 Å². The maximum Gasteiger partial charge on any atom is 0.272 e. The fourth-order valence-electron chi connectivity index (χ4n) is 1.93. The number of ketones is 1. The number of rotatable bonds is 3. The van der Waals surface area contributed by atoms with E-state index in [0.717, 1.165) is 18.4 Å². The molecule has 86 valence electrons. The number of halogens is 2. The third-order valence-corrected chi connectivity index (χ3v) is 2.63. The summed E-state index contributed by atoms with van der Waals surface area (Å²) in [4.78, 5) is 11.6. The minimum absolute atomic E-state index is 0.0729. The largest absolute Gasteiger partial charge is 0.487 e. The molecule has 1 aromatic carbocycles. The van der Waals surface area contributed by atoms with E-state index in [2.05, 4.69) is 0 Å². The smallest absolute Gasteiger partial charge is 0.272 e. The van der Waals surface area contributed by atoms with Gasteiger partial charge in [0, 0.05) is 17.5 Å². The highest BCUT2D eigenvalue weighted by Crippen LogP contribution is 2.29. The molecule has 2 nitrogen and oxygen atoms in total. The first-order chi connectivity index (χ1) is 7.68. The summed E-state index contributed by atoms with van der Waals surface area (Å²) in [5, 5.41) is 0. The van der Waals surface area contributed by atoms with Crippen LogP contribution in [0, 0.1) is 0 Å². The van der Waals surface area contributed by atoms with Crippen LogP contribution in [0.2, 0.25) is 0 Å². The van der Waals surface area contributed by atoms with Crippen LogP contribution in [-0.2, 0) is 6.42 Å². The molecular formula is C12H12F2O2. The van der Waals surface area contributed by atoms with Crippen LogP contribution in [0.15, 0.2) is 18.2 Å². The average Bonchev–Trinajstić information content (AvgIpc) is 2.27. The Kier molecular flexibility index (Phi) is 3.17. The third-order valence-electron chi connectivity index (χ3n) is 2.63. The molecular weight excluding hydrogens is 214 g/mol. The number of hydrogen-bond donors (Lipinski definition) is 0. The highest BCUT2D eigenvalue weighted by Gasteiger charge is 2.20. The number of ether oxygens (including phenoxy) is 1. The maximum absolute atomic E-state index is 12.0. The van der Waals surface area contributed by atoms with E-state index < -0.39 is 13.0 Å². The van der Waals surface area contributed by atoms with Gasteiger partial charge in [-0.3, -0.25) is 4.79 Å². The van der Waals surface area contributed by atoms with Gasteiger partial charge in [-0.05, 0) is 18.9 Å². The monoisotopic (exact) mass is 226 g/mol. The summed E-state index contributed by atoms with van der Waals surface area (Å²) in [7, 11) is 0. The van der Waals surface area contributed by atoms with Crippen molar-refractivity contribution in [1.82, 2.24) is 0 Å². The van der Waals surface area contributed by atoms with Gasteiger partial charge in [-0.15, -0.1) is 0 Å². The summed E-state index contributed by atoms with van der Waals surface area (Å²) in [6, 6.07) is 5.04. The zero-order valence-electron chi connectivity index (χ0n) is 8.71. The van der Waals surface area contributed by atoms with Gasteiger partial charge in [0.05, 0.1) is 0 Å². The van der Waals surface area contributed by atoms with E-state index in [-0.39, 0.29) is 5.78 Å². The fraction of sp³-hybridized carbons (Fsp3) is 0.417. The van der Waals surface area contributed by atoms with E-state index in [4.69, 9.17) is 4.74 Å². The van der Waals surface area contributed by atoms with Gasteiger partial charge in [0.2, 0.25) is 0 Å². The summed E-state index contributed by atoms with van der Waals surface area (Å²) in [5.41, 5.74) is 1.40. The molecule has 0 radical (unpaired) electrons. The van der Waals surface area contributed by atoms with Crippen molar-refractivity contribution < 1.29 is 18.3 Å². The average molecular weight is 226 g/mol. The molecule has 4 heteroatoms. The summed E-state index contributed by atoms with van der Waals surface area (Å²) < 4.78 is 29.1. The molecule has 16 heavy (non-hydrogen) atoms. The molecule has 0 bridgehead atoms. The highest BCUT2D eigenvalue weighted by atomic mass is 19.3. The van der Waals surface area contributed by atoms with Crippen LogP contribution in [0.3, 0.4) is 0 Å². The Bertz CT molecular complexity index is 402. The second kappa shape index (κ2) is 4.60. The van der Waals surface area contributed by atoms with Gasteiger partial charge >= 0.3 is 0 Å². The normalized spacial score (nSPS) is 15.1. The van der Waals surface area contributed by atoms with Crippen molar-refractivity contribution in [2.75, 3.05) is 6.61 Å². The van der Waals surface area contributed by atoms with Gasteiger partial charge in [0.25, 0.3) is 6.43 Å². The molecule has 1 aromatic rings. The van der Waals surface area contributed by atoms with Crippen molar-refractivity contribution in [3.63, 3.8) is 0 Å². The second-order valence-electron chi connectivity index (χ2n) is 3.76. The predicted molar refractivity (Wildman–Crippen MR) is 55.2 cm³/mol. The molecule has 1 aliphatic carbocycles. The molecule has 0 unspecified atom stereocenters. The van der Waals surface area contributed by atoms with Gasteiger partial charge in [-0.25, -0.2) is 8.78 Å². The Hall–Kier alpha value is -1.45. The Balaban J connectivity index is 2.25. The number of carbonyl (C=O) groups excluding carboxylic acids is 1. The zero-order chi connectivity index (χ0) is 11.5. The lowest BCUT2D eigenvalue weighted by molar-refractivity contribution is 0.0811. The van der Waals surface area contributed by atoms with Gasteiger partial charge in [-0.1, -0.05) is 12.1 Å². The fourth-order valence-corrected chi connectivity index (χ4v) is 1.93. The van der Waals surface area contributed by atoms with Crippen molar-refractivity contribution in [1.29, 1.82) is 0 Å². The van der Waals surface area contributed by atoms with Crippen LogP contribution >= 0.6 is 0 Å². The molecule has 0 atom stereocenters. The summed E-state index contributed by atoms with van der Waals surface area (Å²) in [5.74, 6) is 0.495. The number of fused-ring (bicyclic) bond motifs is 1. The number of carbonyl (C=O) groups is 1. The molecule has 0 amide bonds. The highest BCUT2D eigenvalue weighted by molar-refractivity contribution is 5.99. The molecule has 0 aliphatic heterocycles. The molecule has 0 fully saturated rings. The summed E-state index contributed by atoms with van der Waals surface area (Å²) >= 11 is 0. The maximum atomic E-state index is 12.0. The molecule has 0 spiro atoms. The van der Waals surface area contributed by atoms with Crippen molar-refractivity contribution in [2.24, 2.45) is 0 Å². The quantitative estimate of drug-likeness (QED) is 0.792. The SMILES string of the molecule is O=C1CCCc2c(OCC(F)F)cccc21. The number of alkyl halides is 2. The number of Topliss-reactive ketones (excluding diaryl/α,β-unsaturated/α-hetero) is 1. The molecule has 0 heterocycles. The molecule has 0 saturated heterocycles. The third kappa shape index (κ3) is 2.21. The van der Waals surface area contributed by atoms with Crippen LogP contribution < -0.4 is 4.74 Å². The van der Waals surface area contributed by atoms with E-state index in [1.807, 2.05) is 0 Å². The Labute approximate surface area is 92.2 Å². The van der Waals surface area contributed by atoms with Crippen LogP contribution in [0.1, 0.15) is 28.8 Å². The van der Waals surface area contributed by atoms with Crippen molar-refractivity contribution in [3.8, 4) is 5.75 Å². The number of benzene rings is 1. The van der Waals surface area contributed by atoms with E-state index >= 15 is 0 Å². The lowest BCUT2D eigenvalue weighted by atomic mass is 9.90. The van der Waals surface area contributed by atoms with Gasteiger partial charge in [0.1, 0.15) is 12.4 Å². The number of hydrogen-bond acceptors (Lipinski definition) is 2. The van der Waals surface area contributed by atoms with E-state index in [1.165, 1.54) is 0 Å². The Morgan fingerprint density at radius 1 is 1.31 bits per heavy atom. The first-order valence-corrected chi connectivity index (χ1v) is 5.24.